The highest BCUT2D eigenvalue weighted by Crippen LogP contribution is 2.56. The van der Waals surface area contributed by atoms with Gasteiger partial charge >= 0.3 is 0 Å². The van der Waals surface area contributed by atoms with Crippen LogP contribution in [0.5, 0.6) is 28.7 Å². The summed E-state index contributed by atoms with van der Waals surface area (Å²) in [7, 11) is 0.783. The first-order valence-corrected chi connectivity index (χ1v) is 19.8. The summed E-state index contributed by atoms with van der Waals surface area (Å²) in [5.41, 5.74) is 0.918. The van der Waals surface area contributed by atoms with E-state index in [-0.39, 0.29) is 23.1 Å². The van der Waals surface area contributed by atoms with Gasteiger partial charge in [0.1, 0.15) is 10.9 Å². The smallest absolute Gasteiger partial charge is 0.203 e. The lowest BCUT2D eigenvalue weighted by atomic mass is 9.81. The Kier molecular flexibility index (Phi) is 10.9. The van der Waals surface area contributed by atoms with Gasteiger partial charge in [0, 0.05) is 12.5 Å². The van der Waals surface area contributed by atoms with Crippen molar-refractivity contribution in [2.24, 2.45) is 5.92 Å². The lowest BCUT2D eigenvalue weighted by molar-refractivity contribution is 0.0719. The minimum absolute atomic E-state index is 0.00572. The number of rotatable bonds is 13. The molecule has 0 radical (unpaired) electrons. The maximum atomic E-state index is 15.1. The third-order valence-corrected chi connectivity index (χ3v) is 16.7. The van der Waals surface area contributed by atoms with E-state index < -0.39 is 41.0 Å². The first-order chi connectivity index (χ1) is 22.1. The van der Waals surface area contributed by atoms with Gasteiger partial charge in [-0.3, -0.25) is 0 Å². The number of hydrogen-bond acceptors (Lipinski definition) is 10. The van der Waals surface area contributed by atoms with E-state index in [0.29, 0.717) is 39.9 Å². The van der Waals surface area contributed by atoms with E-state index >= 15 is 8.42 Å². The fourth-order valence-electron chi connectivity index (χ4n) is 5.87. The molecule has 47 heavy (non-hydrogen) atoms. The van der Waals surface area contributed by atoms with Crippen molar-refractivity contribution in [2.45, 2.75) is 60.8 Å². The Labute approximate surface area is 279 Å². The molecule has 10 nitrogen and oxygen atoms in total. The summed E-state index contributed by atoms with van der Waals surface area (Å²) in [6, 6.07) is 16.5. The van der Waals surface area contributed by atoms with Crippen LogP contribution in [0.3, 0.4) is 0 Å². The number of methoxy groups -OCH3 is 5. The van der Waals surface area contributed by atoms with Crippen molar-refractivity contribution in [1.82, 2.24) is 0 Å². The van der Waals surface area contributed by atoms with Gasteiger partial charge in [-0.2, -0.15) is 0 Å². The molecule has 0 aliphatic carbocycles. The van der Waals surface area contributed by atoms with Crippen LogP contribution >= 0.6 is 0 Å². The highest BCUT2D eigenvalue weighted by molar-refractivity contribution is 7.93. The molecule has 0 bridgehead atoms. The molecule has 3 aromatic rings. The van der Waals surface area contributed by atoms with E-state index in [1.165, 1.54) is 47.7 Å². The Balaban J connectivity index is 2.02. The van der Waals surface area contributed by atoms with Crippen molar-refractivity contribution in [1.29, 1.82) is 0 Å². The van der Waals surface area contributed by atoms with Gasteiger partial charge in [0.15, 0.2) is 41.2 Å². The van der Waals surface area contributed by atoms with E-state index in [1.54, 1.807) is 48.5 Å². The van der Waals surface area contributed by atoms with Crippen molar-refractivity contribution >= 4 is 18.2 Å². The zero-order chi connectivity index (χ0) is 34.8. The third kappa shape index (κ3) is 6.58. The number of benzene rings is 3. The van der Waals surface area contributed by atoms with Gasteiger partial charge in [-0.05, 0) is 65.7 Å². The second-order valence-electron chi connectivity index (χ2n) is 13.2. The first kappa shape index (κ1) is 36.5. The normalized spacial score (nSPS) is 20.8. The Morgan fingerprint density at radius 2 is 1.43 bits per heavy atom. The predicted molar refractivity (Wildman–Crippen MR) is 182 cm³/mol. The second kappa shape index (κ2) is 14.1. The molecule has 1 N–H and O–H groups in total. The molecule has 4 atom stereocenters. The van der Waals surface area contributed by atoms with Crippen molar-refractivity contribution < 1.29 is 46.4 Å². The summed E-state index contributed by atoms with van der Waals surface area (Å²) in [5.74, 6) is 1.06. The van der Waals surface area contributed by atoms with Crippen molar-refractivity contribution in [2.75, 3.05) is 48.8 Å². The van der Waals surface area contributed by atoms with Crippen LogP contribution in [0.4, 0.5) is 0 Å². The largest absolute Gasteiger partial charge is 0.493 e. The number of ether oxygens (including phenoxy) is 6. The maximum absolute atomic E-state index is 15.1. The Hall–Kier alpha value is -3.29. The molecule has 12 heteroatoms. The Bertz CT molecular complexity index is 1610. The van der Waals surface area contributed by atoms with E-state index in [2.05, 4.69) is 33.9 Å². The minimum atomic E-state index is -4.32. The van der Waals surface area contributed by atoms with Crippen LogP contribution in [0.1, 0.15) is 44.1 Å². The van der Waals surface area contributed by atoms with Crippen molar-refractivity contribution in [3.8, 4) is 28.7 Å². The van der Waals surface area contributed by atoms with Gasteiger partial charge in [0.2, 0.25) is 5.75 Å². The molecule has 1 fully saturated rings. The van der Waals surface area contributed by atoms with Gasteiger partial charge in [-0.25, -0.2) is 8.42 Å². The maximum Gasteiger partial charge on any atom is 0.203 e. The molecule has 3 aromatic carbocycles. The van der Waals surface area contributed by atoms with Gasteiger partial charge in [0.25, 0.3) is 0 Å². The summed E-state index contributed by atoms with van der Waals surface area (Å²) >= 11 is 0. The van der Waals surface area contributed by atoms with Gasteiger partial charge in [-0.15, -0.1) is 0 Å². The lowest BCUT2D eigenvalue weighted by Crippen LogP contribution is -2.54. The monoisotopic (exact) mass is 688 g/mol. The molecule has 258 valence electrons. The van der Waals surface area contributed by atoms with Gasteiger partial charge in [0.05, 0.1) is 53.2 Å². The zero-order valence-electron chi connectivity index (χ0n) is 28.9. The molecule has 0 spiro atoms. The summed E-state index contributed by atoms with van der Waals surface area (Å²) in [6.07, 6.45) is -2.41. The van der Waals surface area contributed by atoms with E-state index in [1.807, 2.05) is 0 Å². The molecule has 1 aliphatic heterocycles. The average molecular weight is 689 g/mol. The number of hydrogen-bond donors (Lipinski definition) is 1. The van der Waals surface area contributed by atoms with E-state index in [0.717, 1.165) is 0 Å². The Morgan fingerprint density at radius 3 is 1.94 bits per heavy atom. The van der Waals surface area contributed by atoms with Crippen LogP contribution < -0.4 is 23.7 Å². The zero-order valence-corrected chi connectivity index (χ0v) is 30.8. The summed E-state index contributed by atoms with van der Waals surface area (Å²) in [5, 5.41) is 12.3. The van der Waals surface area contributed by atoms with Crippen LogP contribution in [-0.2, 0) is 19.0 Å². The SMILES string of the molecule is COc1ccc(C(O)C2(S(=O)(=O)c3ccccc3)CO[C@H](c3cc(OC)c(OC)c(OC)c3)[C@H]2CO[Si](C)(C)C(C)(C)C)cc1OC. The molecular formula is C35H48O10SSi. The highest BCUT2D eigenvalue weighted by Gasteiger charge is 2.64. The molecule has 0 saturated carbocycles. The second-order valence-corrected chi connectivity index (χ2v) is 20.2. The van der Waals surface area contributed by atoms with Gasteiger partial charge in [-0.1, -0.05) is 45.0 Å². The predicted octanol–water partition coefficient (Wildman–Crippen LogP) is 6.39. The summed E-state index contributed by atoms with van der Waals surface area (Å²) in [6.45, 7) is 10.2. The van der Waals surface area contributed by atoms with Crippen molar-refractivity contribution in [3.63, 3.8) is 0 Å². The van der Waals surface area contributed by atoms with Crippen LogP contribution in [0, 0.1) is 5.92 Å². The summed E-state index contributed by atoms with van der Waals surface area (Å²) < 4.78 is 69.4. The minimum Gasteiger partial charge on any atom is -0.493 e. The van der Waals surface area contributed by atoms with Crippen molar-refractivity contribution in [3.05, 3.63) is 71.8 Å². The molecule has 0 amide bonds. The third-order valence-electron chi connectivity index (χ3n) is 9.67. The number of aliphatic hydroxyl groups is 1. The Morgan fingerprint density at radius 1 is 0.851 bits per heavy atom. The molecule has 1 saturated heterocycles. The molecular weight excluding hydrogens is 641 g/mol. The number of aliphatic hydroxyl groups excluding tert-OH is 1. The number of sulfone groups is 1. The van der Waals surface area contributed by atoms with E-state index in [9.17, 15) is 5.11 Å². The molecule has 4 rings (SSSR count). The topological polar surface area (TPSA) is 119 Å². The fraction of sp³-hybridized carbons (Fsp3) is 0.486. The molecule has 0 aromatic heterocycles. The molecule has 2 unspecified atom stereocenters. The fourth-order valence-corrected chi connectivity index (χ4v) is 9.09. The molecule has 1 heterocycles. The molecule has 1 aliphatic rings. The summed E-state index contributed by atoms with van der Waals surface area (Å²) in [4.78, 5) is 0.0611. The average Bonchev–Trinajstić information content (AvgIpc) is 3.46. The standard InChI is InChI=1S/C35H48O10SSi/c1-34(2,3)47(9,10)45-21-26-31(24-19-29(41-6)32(43-8)30(20-24)42-7)44-22-35(26,46(37,38)25-14-12-11-13-15-25)33(36)23-16-17-27(39-4)28(18-23)40-5/h11-20,26,31,33,36H,21-22H2,1-10H3/t26-,31-,33?,35?/m1/s1. The van der Waals surface area contributed by atoms with Crippen LogP contribution in [0.2, 0.25) is 18.1 Å². The lowest BCUT2D eigenvalue weighted by Gasteiger charge is -2.42. The highest BCUT2D eigenvalue weighted by atomic mass is 32.2. The van der Waals surface area contributed by atoms with Gasteiger partial charge < -0.3 is 38.0 Å². The first-order valence-electron chi connectivity index (χ1n) is 15.4. The van der Waals surface area contributed by atoms with Crippen LogP contribution in [0.15, 0.2) is 65.6 Å². The quantitative estimate of drug-likeness (QED) is 0.203. The van der Waals surface area contributed by atoms with E-state index in [4.69, 9.17) is 32.8 Å². The van der Waals surface area contributed by atoms with Crippen LogP contribution in [-0.4, -0.2) is 75.4 Å². The van der Waals surface area contributed by atoms with Crippen LogP contribution in [0.25, 0.3) is 0 Å².